The second-order valence-corrected chi connectivity index (χ2v) is 5.25. The molecule has 0 spiro atoms. The maximum absolute atomic E-state index is 8.49. The van der Waals surface area contributed by atoms with E-state index in [1.165, 1.54) is 0 Å². The van der Waals surface area contributed by atoms with Crippen LogP contribution in [0.15, 0.2) is 42.5 Å². The number of aromatic nitrogens is 2. The van der Waals surface area contributed by atoms with E-state index < -0.39 is 10.2 Å². The molecular formula is C14H14ClN3O4. The summed E-state index contributed by atoms with van der Waals surface area (Å²) >= 11 is 0. The molecule has 1 heterocycles. The highest BCUT2D eigenvalue weighted by Crippen LogP contribution is 2.17. The van der Waals surface area contributed by atoms with Crippen LogP contribution in [0.5, 0.6) is 0 Å². The maximum Gasteiger partial charge on any atom is 0.233 e. The van der Waals surface area contributed by atoms with Crippen molar-refractivity contribution in [3.05, 3.63) is 42.5 Å². The number of nitrogens with one attached hydrogen (secondary N) is 1. The fraction of sp³-hybridized carbons (Fsp3) is 0.143. The minimum atomic E-state index is -4.94. The Labute approximate surface area is 128 Å². The highest BCUT2D eigenvalue weighted by atomic mass is 35.7. The van der Waals surface area contributed by atoms with Gasteiger partial charge in [-0.1, -0.05) is 12.1 Å². The van der Waals surface area contributed by atoms with E-state index in [1.807, 2.05) is 37.4 Å². The summed E-state index contributed by atoms with van der Waals surface area (Å²) in [4.78, 5) is 4.67. The highest BCUT2D eigenvalue weighted by Gasteiger charge is 2.12. The van der Waals surface area contributed by atoms with E-state index >= 15 is 0 Å². The van der Waals surface area contributed by atoms with Gasteiger partial charge in [-0.25, -0.2) is 23.6 Å². The summed E-state index contributed by atoms with van der Waals surface area (Å²) in [6.45, 7) is 0. The van der Waals surface area contributed by atoms with Crippen molar-refractivity contribution in [2.45, 2.75) is 0 Å². The molecule has 22 heavy (non-hydrogen) atoms. The summed E-state index contributed by atoms with van der Waals surface area (Å²) in [6.07, 6.45) is 0. The van der Waals surface area contributed by atoms with Gasteiger partial charge in [0.2, 0.25) is 11.0 Å². The summed E-state index contributed by atoms with van der Waals surface area (Å²) in [5, 5.41) is 3.15. The standard InChI is InChI=1S/C14H13N3.ClHO4/c1-15-10-7-8-12-14(9-10)17(2)13-6-4-3-5-11(13)16-12;2-1(3,4)5/h3-9H,1-2H3;(H,2,3,4,5). The number of benzene rings is 2. The van der Waals surface area contributed by atoms with Gasteiger partial charge < -0.3 is 5.32 Å². The van der Waals surface area contributed by atoms with Gasteiger partial charge >= 0.3 is 0 Å². The van der Waals surface area contributed by atoms with Gasteiger partial charge in [0, 0.05) is 24.9 Å². The Hall–Kier alpha value is -2.03. The molecule has 3 aromatic rings. The topological polar surface area (TPSA) is 121 Å². The summed E-state index contributed by atoms with van der Waals surface area (Å²) in [6, 6.07) is 14.4. The molecule has 0 bridgehead atoms. The van der Waals surface area contributed by atoms with Gasteiger partial charge in [-0.3, -0.25) is 0 Å². The lowest BCUT2D eigenvalue weighted by Gasteiger charge is -2.17. The van der Waals surface area contributed by atoms with E-state index in [9.17, 15) is 0 Å². The van der Waals surface area contributed by atoms with Crippen LogP contribution in [0.25, 0.3) is 22.1 Å². The van der Waals surface area contributed by atoms with Crippen LogP contribution in [0.2, 0.25) is 0 Å². The summed E-state index contributed by atoms with van der Waals surface area (Å²) in [5.41, 5.74) is 5.43. The third kappa shape index (κ3) is 4.00. The van der Waals surface area contributed by atoms with Gasteiger partial charge in [-0.2, -0.15) is 4.57 Å². The molecule has 2 aromatic carbocycles. The SMILES string of the molecule is CNc1ccc2nc3ccccc3[n+](C)c2c1.[O-][Cl+3]([O-])([O-])[O-]. The van der Waals surface area contributed by atoms with E-state index in [-0.39, 0.29) is 0 Å². The molecule has 1 aromatic heterocycles. The fourth-order valence-corrected chi connectivity index (χ4v) is 2.14. The summed E-state index contributed by atoms with van der Waals surface area (Å²) < 4.78 is 36.2. The van der Waals surface area contributed by atoms with Crippen LogP contribution in [0, 0.1) is 10.2 Å². The lowest BCUT2D eigenvalue weighted by atomic mass is 10.2. The predicted molar refractivity (Wildman–Crippen MR) is 70.0 cm³/mol. The molecule has 3 rings (SSSR count). The molecular weight excluding hydrogens is 310 g/mol. The average Bonchev–Trinajstić information content (AvgIpc) is 2.45. The smallest absolute Gasteiger partial charge is 0.233 e. The Balaban J connectivity index is 0.000000309. The molecule has 0 saturated heterocycles. The van der Waals surface area contributed by atoms with Crippen LogP contribution >= 0.6 is 0 Å². The van der Waals surface area contributed by atoms with Crippen LogP contribution in [-0.4, -0.2) is 12.0 Å². The molecule has 0 radical (unpaired) electrons. The first-order valence-electron chi connectivity index (χ1n) is 6.27. The van der Waals surface area contributed by atoms with Gasteiger partial charge in [0.1, 0.15) is 18.1 Å². The summed E-state index contributed by atoms with van der Waals surface area (Å²) in [5.74, 6) is 0. The van der Waals surface area contributed by atoms with Crippen molar-refractivity contribution in [3.63, 3.8) is 0 Å². The minimum absolute atomic E-state index is 1.02. The number of fused-ring (bicyclic) bond motifs is 2. The van der Waals surface area contributed by atoms with Crippen molar-refractivity contribution in [2.24, 2.45) is 7.05 Å². The Kier molecular flexibility index (Phi) is 4.74. The van der Waals surface area contributed by atoms with Crippen LogP contribution < -0.4 is 28.5 Å². The number of aryl methyl sites for hydroxylation is 1. The number of para-hydroxylation sites is 2. The zero-order valence-corrected chi connectivity index (χ0v) is 12.7. The largest absolute Gasteiger partial charge is 0.388 e. The van der Waals surface area contributed by atoms with Gasteiger partial charge in [-0.15, -0.1) is 10.2 Å². The van der Waals surface area contributed by atoms with Gasteiger partial charge in [0.05, 0.1) is 0 Å². The first kappa shape index (κ1) is 16.3. The number of anilines is 1. The zero-order valence-electron chi connectivity index (χ0n) is 11.9. The van der Waals surface area contributed by atoms with Crippen molar-refractivity contribution in [1.29, 1.82) is 0 Å². The third-order valence-corrected chi connectivity index (χ3v) is 3.11. The van der Waals surface area contributed by atoms with Crippen molar-refractivity contribution in [1.82, 2.24) is 4.98 Å². The molecule has 0 unspecified atom stereocenters. The van der Waals surface area contributed by atoms with E-state index in [0.717, 1.165) is 27.8 Å². The van der Waals surface area contributed by atoms with Crippen LogP contribution in [0.4, 0.5) is 5.69 Å². The quantitative estimate of drug-likeness (QED) is 0.390. The molecule has 116 valence electrons. The first-order valence-corrected chi connectivity index (χ1v) is 7.51. The number of hydrogen-bond donors (Lipinski definition) is 1. The van der Waals surface area contributed by atoms with E-state index in [4.69, 9.17) is 18.6 Å². The first-order chi connectivity index (χ1) is 10.3. The summed E-state index contributed by atoms with van der Waals surface area (Å²) in [7, 11) is -0.943. The van der Waals surface area contributed by atoms with Crippen LogP contribution in [-0.2, 0) is 7.05 Å². The maximum atomic E-state index is 8.49. The van der Waals surface area contributed by atoms with E-state index in [0.29, 0.717) is 0 Å². The van der Waals surface area contributed by atoms with Gasteiger partial charge in [0.25, 0.3) is 0 Å². The van der Waals surface area contributed by atoms with Crippen LogP contribution in [0.1, 0.15) is 0 Å². The molecule has 0 amide bonds. The average molecular weight is 324 g/mol. The fourth-order valence-electron chi connectivity index (χ4n) is 2.14. The van der Waals surface area contributed by atoms with Crippen LogP contribution in [0.3, 0.4) is 0 Å². The molecule has 0 atom stereocenters. The zero-order chi connectivity index (χ0) is 16.3. The third-order valence-electron chi connectivity index (χ3n) is 3.11. The van der Waals surface area contributed by atoms with Crippen molar-refractivity contribution in [3.8, 4) is 0 Å². The van der Waals surface area contributed by atoms with Crippen molar-refractivity contribution >= 4 is 27.8 Å². The Morgan fingerprint density at radius 3 is 2.18 bits per heavy atom. The molecule has 0 aliphatic rings. The lowest BCUT2D eigenvalue weighted by molar-refractivity contribution is -2.00. The molecule has 0 aliphatic heterocycles. The molecule has 7 nitrogen and oxygen atoms in total. The Morgan fingerprint density at radius 2 is 1.55 bits per heavy atom. The number of hydrogen-bond acceptors (Lipinski definition) is 6. The second-order valence-electron chi connectivity index (χ2n) is 4.49. The molecule has 0 aliphatic carbocycles. The van der Waals surface area contributed by atoms with Crippen molar-refractivity contribution in [2.75, 3.05) is 12.4 Å². The van der Waals surface area contributed by atoms with Gasteiger partial charge in [-0.05, 0) is 18.2 Å². The van der Waals surface area contributed by atoms with E-state index in [1.54, 1.807) is 0 Å². The molecule has 0 saturated carbocycles. The Morgan fingerprint density at radius 1 is 0.955 bits per heavy atom. The van der Waals surface area contributed by atoms with Gasteiger partial charge in [0.15, 0.2) is 0 Å². The number of rotatable bonds is 1. The molecule has 0 fully saturated rings. The monoisotopic (exact) mass is 323 g/mol. The number of halogens is 1. The minimum Gasteiger partial charge on any atom is -0.388 e. The number of nitrogens with zero attached hydrogens (tertiary/aromatic N) is 2. The normalized spacial score (nSPS) is 11.2. The highest BCUT2D eigenvalue weighted by molar-refractivity contribution is 5.83. The molecule has 8 heteroatoms. The second kappa shape index (κ2) is 6.39. The lowest BCUT2D eigenvalue weighted by Crippen LogP contribution is -2.68. The molecule has 1 N–H and O–H groups in total. The van der Waals surface area contributed by atoms with Crippen molar-refractivity contribution < 1.29 is 33.4 Å². The Bertz CT molecular complexity index is 799. The van der Waals surface area contributed by atoms with E-state index in [2.05, 4.69) is 34.0 Å². The predicted octanol–water partition coefficient (Wildman–Crippen LogP) is -2.50.